The molecular weight excluding hydrogens is 830 g/mol. The van der Waals surface area contributed by atoms with Gasteiger partial charge in [-0.3, -0.25) is 34.3 Å². The van der Waals surface area contributed by atoms with Gasteiger partial charge < -0.3 is 28.4 Å². The number of fused-ring (bicyclic) bond motifs is 1. The van der Waals surface area contributed by atoms with E-state index >= 15 is 0 Å². The van der Waals surface area contributed by atoms with Crippen LogP contribution < -0.4 is 30.6 Å². The maximum absolute atomic E-state index is 12.9. The molecule has 5 aromatic rings. The molecule has 62 heavy (non-hydrogen) atoms. The Hall–Kier alpha value is -4.96. The summed E-state index contributed by atoms with van der Waals surface area (Å²) in [5.41, 5.74) is 1.04. The number of nitrogens with one attached hydrogen (secondary N) is 3. The number of rotatable bonds is 13. The van der Waals surface area contributed by atoms with Crippen molar-refractivity contribution in [2.24, 2.45) is 5.92 Å². The minimum Gasteiger partial charge on any atom is -0.801 e. The number of hydrogen-bond acceptors (Lipinski definition) is 12. The maximum atomic E-state index is 12.9. The Morgan fingerprint density at radius 1 is 0.984 bits per heavy atom. The second kappa shape index (κ2) is 20.0. The molecule has 5 heterocycles. The van der Waals surface area contributed by atoms with E-state index in [1.165, 1.54) is 70.6 Å². The number of aromatic amines is 1. The molecule has 2 aromatic heterocycles. The summed E-state index contributed by atoms with van der Waals surface area (Å²) in [5, 5.41) is 6.13. The number of carbonyl (C=O) groups excluding carboxylic acids is 1. The van der Waals surface area contributed by atoms with Crippen LogP contribution in [0, 0.1) is 5.92 Å². The van der Waals surface area contributed by atoms with Crippen molar-refractivity contribution in [2.45, 2.75) is 76.4 Å². The van der Waals surface area contributed by atoms with Crippen molar-refractivity contribution in [3.63, 3.8) is 0 Å². The van der Waals surface area contributed by atoms with Crippen molar-refractivity contribution >= 4 is 47.2 Å². The SMILES string of the molecule is C1CCC2=[N+](CC1)CCCN2.COc1ccc(C(OC[C@H]2O[C@@H](n3cnc4c(=O)[nH]c(NC(=O)C(C)C)nc43)C[C@@H]2OP(C)([O-])=S)(c2ccccc2)c2ccc(OC)cc2)cc1. The lowest BCUT2D eigenvalue weighted by Crippen LogP contribution is -2.40. The number of amidine groups is 1. The van der Waals surface area contributed by atoms with Gasteiger partial charge in [-0.05, 0) is 73.4 Å². The molecule has 3 N–H and O–H groups in total. The molecule has 3 aliphatic rings. The number of methoxy groups -OCH3 is 2. The lowest BCUT2D eigenvalue weighted by molar-refractivity contribution is -0.534. The van der Waals surface area contributed by atoms with E-state index in [0.717, 1.165) is 16.7 Å². The molecule has 0 aliphatic carbocycles. The summed E-state index contributed by atoms with van der Waals surface area (Å²) in [6.07, 6.45) is 6.16. The summed E-state index contributed by atoms with van der Waals surface area (Å²) < 4.78 is 34.7. The van der Waals surface area contributed by atoms with Gasteiger partial charge in [0, 0.05) is 25.2 Å². The Labute approximate surface area is 367 Å². The number of carbonyl (C=O) groups is 1. The number of hydrogen-bond donors (Lipinski definition) is 3. The van der Waals surface area contributed by atoms with E-state index in [-0.39, 0.29) is 42.0 Å². The molecule has 0 bridgehead atoms. The first-order chi connectivity index (χ1) is 29.9. The minimum absolute atomic E-state index is 0.0196. The zero-order chi connectivity index (χ0) is 43.9. The average Bonchev–Trinajstić information content (AvgIpc) is 3.79. The first-order valence-electron chi connectivity index (χ1n) is 21.1. The molecule has 8 rings (SSSR count). The summed E-state index contributed by atoms with van der Waals surface area (Å²) in [6.45, 7) is 5.16. The molecule has 15 nitrogen and oxygen atoms in total. The second-order valence-electron chi connectivity index (χ2n) is 16.0. The number of imidazole rings is 1. The quantitative estimate of drug-likeness (QED) is 0.0751. The molecule has 1 unspecified atom stereocenters. The van der Waals surface area contributed by atoms with Gasteiger partial charge in [-0.15, -0.1) is 0 Å². The predicted octanol–water partition coefficient (Wildman–Crippen LogP) is 5.68. The topological polar surface area (TPSA) is 177 Å². The van der Waals surface area contributed by atoms with E-state index < -0.39 is 36.1 Å². The van der Waals surface area contributed by atoms with Crippen molar-refractivity contribution in [1.29, 1.82) is 0 Å². The minimum atomic E-state index is -3.42. The lowest BCUT2D eigenvalue weighted by atomic mass is 9.80. The van der Waals surface area contributed by atoms with Crippen molar-refractivity contribution in [1.82, 2.24) is 24.8 Å². The molecule has 1 fully saturated rings. The Morgan fingerprint density at radius 2 is 1.63 bits per heavy atom. The molecule has 0 radical (unpaired) electrons. The lowest BCUT2D eigenvalue weighted by Gasteiger charge is -2.38. The van der Waals surface area contributed by atoms with Crippen LogP contribution in [0.5, 0.6) is 11.5 Å². The van der Waals surface area contributed by atoms with Crippen molar-refractivity contribution < 1.29 is 37.7 Å². The molecule has 1 amide bonds. The van der Waals surface area contributed by atoms with Gasteiger partial charge >= 0.3 is 0 Å². The van der Waals surface area contributed by atoms with E-state index in [1.807, 2.05) is 78.9 Å². The summed E-state index contributed by atoms with van der Waals surface area (Å²) in [4.78, 5) is 49.5. The highest BCUT2D eigenvalue weighted by Crippen LogP contribution is 2.45. The van der Waals surface area contributed by atoms with Crippen LogP contribution in [0.1, 0.15) is 75.3 Å². The van der Waals surface area contributed by atoms with Gasteiger partial charge in [0.05, 0.1) is 52.9 Å². The van der Waals surface area contributed by atoms with E-state index in [4.69, 9.17) is 35.3 Å². The molecule has 0 spiro atoms. The molecule has 3 aromatic carbocycles. The number of amides is 1. The zero-order valence-corrected chi connectivity index (χ0v) is 37.6. The van der Waals surface area contributed by atoms with Gasteiger partial charge in [0.15, 0.2) is 11.2 Å². The van der Waals surface area contributed by atoms with Gasteiger partial charge in [-0.1, -0.05) is 80.3 Å². The fourth-order valence-corrected chi connectivity index (χ4v) is 9.18. The normalized spacial score (nSPS) is 20.0. The summed E-state index contributed by atoms with van der Waals surface area (Å²) in [6, 6.07) is 25.1. The standard InChI is InChI=1S/C36H40N5O8PS.C9H16N2/c1-22(2)33(42)39-35-38-32-31(34(43)40-35)37-21-41(32)30-19-28(49-50(5,44)51)29(48-30)20-47-36(23-9-7-6-8-10-23,24-11-15-26(45-3)16-12-24)25-13-17-27(46-4)18-14-25;1-2-5-9-10-6-4-8-11(9)7-3-1/h6-18,21-22,28-30H,19-20H2,1-5H3,(H,44,51)(H2,38,39,40,42,43);1-8H2/t28-,29+,30+,50?;/m0./s1. The monoisotopic (exact) mass is 885 g/mol. The Bertz CT molecular complexity index is 2370. The molecule has 0 saturated carbocycles. The Balaban J connectivity index is 0.000000453. The van der Waals surface area contributed by atoms with Gasteiger partial charge in [-0.25, -0.2) is 4.98 Å². The third-order valence-corrected chi connectivity index (χ3v) is 12.2. The van der Waals surface area contributed by atoms with E-state index in [9.17, 15) is 14.5 Å². The zero-order valence-electron chi connectivity index (χ0n) is 35.9. The van der Waals surface area contributed by atoms with Crippen molar-refractivity contribution in [3.05, 3.63) is 112 Å². The van der Waals surface area contributed by atoms with Crippen molar-refractivity contribution in [2.75, 3.05) is 52.4 Å². The average molecular weight is 886 g/mol. The Kier molecular flexibility index (Phi) is 14.6. The third kappa shape index (κ3) is 10.4. The van der Waals surface area contributed by atoms with Gasteiger partial charge in [0.2, 0.25) is 17.7 Å². The fraction of sp³-hybridized carbons (Fsp3) is 0.444. The van der Waals surface area contributed by atoms with Crippen LogP contribution in [0.25, 0.3) is 11.2 Å². The number of ether oxygens (including phenoxy) is 4. The molecular formula is C45H56N7O8PS. The van der Waals surface area contributed by atoms with Crippen LogP contribution in [0.15, 0.2) is 90.0 Å². The van der Waals surface area contributed by atoms with Crippen LogP contribution in [-0.4, -0.2) is 95.2 Å². The van der Waals surface area contributed by atoms with E-state index in [1.54, 1.807) is 32.6 Å². The highest BCUT2D eigenvalue weighted by Gasteiger charge is 2.43. The van der Waals surface area contributed by atoms with Crippen LogP contribution in [0.3, 0.4) is 0 Å². The molecule has 4 atom stereocenters. The smallest absolute Gasteiger partial charge is 0.280 e. The van der Waals surface area contributed by atoms with Gasteiger partial charge in [-0.2, -0.15) is 4.98 Å². The van der Waals surface area contributed by atoms with Gasteiger partial charge in [0.1, 0.15) is 29.4 Å². The first-order valence-corrected chi connectivity index (χ1v) is 24.2. The number of aromatic nitrogens is 4. The van der Waals surface area contributed by atoms with Crippen LogP contribution in [-0.2, 0) is 36.2 Å². The summed E-state index contributed by atoms with van der Waals surface area (Å²) in [7, 11) is 3.22. The number of anilines is 1. The highest BCUT2D eigenvalue weighted by atomic mass is 32.5. The van der Waals surface area contributed by atoms with E-state index in [2.05, 4.69) is 30.2 Å². The molecule has 1 saturated heterocycles. The molecule has 3 aliphatic heterocycles. The number of nitrogens with zero attached hydrogens (tertiary/aromatic N) is 4. The fourth-order valence-electron chi connectivity index (χ4n) is 8.13. The molecule has 330 valence electrons. The first kappa shape index (κ1) is 45.1. The summed E-state index contributed by atoms with van der Waals surface area (Å²) in [5.74, 6) is 2.22. The second-order valence-corrected chi connectivity index (χ2v) is 19.7. The predicted molar refractivity (Wildman–Crippen MR) is 240 cm³/mol. The Morgan fingerprint density at radius 3 is 2.26 bits per heavy atom. The number of H-pyrrole nitrogens is 1. The molecule has 17 heteroatoms. The van der Waals surface area contributed by atoms with Crippen LogP contribution in [0.4, 0.5) is 5.95 Å². The summed E-state index contributed by atoms with van der Waals surface area (Å²) >= 11 is 5.22. The van der Waals surface area contributed by atoms with Crippen LogP contribution >= 0.6 is 6.49 Å². The largest absolute Gasteiger partial charge is 0.801 e. The van der Waals surface area contributed by atoms with Crippen LogP contribution in [0.2, 0.25) is 0 Å². The van der Waals surface area contributed by atoms with E-state index in [0.29, 0.717) is 11.5 Å². The maximum Gasteiger partial charge on any atom is 0.280 e. The highest BCUT2D eigenvalue weighted by molar-refractivity contribution is 8.08. The number of benzene rings is 3. The van der Waals surface area contributed by atoms with Gasteiger partial charge in [0.25, 0.3) is 5.56 Å². The third-order valence-electron chi connectivity index (χ3n) is 11.3. The van der Waals surface area contributed by atoms with Crippen molar-refractivity contribution in [3.8, 4) is 11.5 Å².